The third-order valence-corrected chi connectivity index (χ3v) is 8.33. The first-order valence-corrected chi connectivity index (χ1v) is 15.0. The summed E-state index contributed by atoms with van der Waals surface area (Å²) in [5.41, 5.74) is 5.52. The van der Waals surface area contributed by atoms with Crippen molar-refractivity contribution in [2.45, 2.75) is 17.1 Å². The molecule has 41 heavy (non-hydrogen) atoms. The molecule has 5 rings (SSSR count). The van der Waals surface area contributed by atoms with E-state index in [1.807, 2.05) is 96.4 Å². The molecule has 1 amide bonds. The first-order valence-electron chi connectivity index (χ1n) is 12.8. The number of nitrogens with one attached hydrogen (secondary N) is 3. The number of ether oxygens (including phenoxy) is 1. The van der Waals surface area contributed by atoms with Crippen LogP contribution in [0.25, 0.3) is 11.3 Å². The fraction of sp³-hybridized carbons (Fsp3) is 0.0938. The van der Waals surface area contributed by atoms with Gasteiger partial charge in [0.1, 0.15) is 11.0 Å². The number of benzene rings is 4. The lowest BCUT2D eigenvalue weighted by atomic mass is 10.1. The van der Waals surface area contributed by atoms with Gasteiger partial charge in [-0.25, -0.2) is 4.98 Å². The minimum atomic E-state index is -0.489. The SMILES string of the molecule is COc1ccccc1NC(=S)Nc1cccc(SC(C(=O)Nc2nc(-c3ccc(C)cc3)cs2)c2ccccc2)c1. The van der Waals surface area contributed by atoms with E-state index in [0.717, 1.165) is 33.1 Å². The number of thioether (sulfide) groups is 1. The monoisotopic (exact) mass is 596 g/mol. The number of aromatic nitrogens is 1. The molecule has 0 aliphatic carbocycles. The predicted molar refractivity (Wildman–Crippen MR) is 175 cm³/mol. The van der Waals surface area contributed by atoms with Gasteiger partial charge < -0.3 is 20.7 Å². The number of amides is 1. The van der Waals surface area contributed by atoms with Crippen LogP contribution in [0.15, 0.2) is 113 Å². The Labute approximate surface area is 253 Å². The molecule has 4 aromatic carbocycles. The molecule has 9 heteroatoms. The van der Waals surface area contributed by atoms with Crippen molar-refractivity contribution in [1.29, 1.82) is 0 Å². The summed E-state index contributed by atoms with van der Waals surface area (Å²) in [6.45, 7) is 2.05. The summed E-state index contributed by atoms with van der Waals surface area (Å²) in [6.07, 6.45) is 0. The minimum absolute atomic E-state index is 0.141. The van der Waals surface area contributed by atoms with Gasteiger partial charge in [0.05, 0.1) is 18.5 Å². The Balaban J connectivity index is 1.30. The Kier molecular flexibility index (Phi) is 9.30. The second-order valence-electron chi connectivity index (χ2n) is 9.11. The van der Waals surface area contributed by atoms with Crippen LogP contribution in [0, 0.1) is 6.92 Å². The topological polar surface area (TPSA) is 75.3 Å². The highest BCUT2D eigenvalue weighted by molar-refractivity contribution is 8.00. The summed E-state index contributed by atoms with van der Waals surface area (Å²) >= 11 is 8.42. The van der Waals surface area contributed by atoms with Gasteiger partial charge in [-0.2, -0.15) is 0 Å². The van der Waals surface area contributed by atoms with Crippen molar-refractivity contribution in [3.8, 4) is 17.0 Å². The number of hydrogen-bond donors (Lipinski definition) is 3. The van der Waals surface area contributed by atoms with E-state index in [9.17, 15) is 4.79 Å². The molecule has 0 saturated heterocycles. The molecule has 0 fully saturated rings. The quantitative estimate of drug-likeness (QED) is 0.117. The summed E-state index contributed by atoms with van der Waals surface area (Å²) in [6, 6.07) is 33.3. The number of thiazole rings is 1. The second-order valence-corrected chi connectivity index (χ2v) is 11.6. The fourth-order valence-electron chi connectivity index (χ4n) is 4.08. The van der Waals surface area contributed by atoms with Crippen LogP contribution in [0.4, 0.5) is 16.5 Å². The molecule has 206 valence electrons. The summed E-state index contributed by atoms with van der Waals surface area (Å²) in [5.74, 6) is 0.557. The Bertz CT molecular complexity index is 1640. The first-order chi connectivity index (χ1) is 20.0. The second kappa shape index (κ2) is 13.5. The van der Waals surface area contributed by atoms with Crippen molar-refractivity contribution in [2.75, 3.05) is 23.1 Å². The highest BCUT2D eigenvalue weighted by atomic mass is 32.2. The predicted octanol–water partition coefficient (Wildman–Crippen LogP) is 8.41. The van der Waals surface area contributed by atoms with Gasteiger partial charge in [0.2, 0.25) is 5.91 Å². The normalized spacial score (nSPS) is 11.4. The highest BCUT2D eigenvalue weighted by Gasteiger charge is 2.23. The molecule has 0 radical (unpaired) electrons. The third kappa shape index (κ3) is 7.52. The van der Waals surface area contributed by atoms with Crippen LogP contribution in [0.5, 0.6) is 5.75 Å². The molecular formula is C32H28N4O2S3. The van der Waals surface area contributed by atoms with Gasteiger partial charge in [-0.05, 0) is 55.0 Å². The van der Waals surface area contributed by atoms with E-state index in [1.165, 1.54) is 28.7 Å². The van der Waals surface area contributed by atoms with Gasteiger partial charge >= 0.3 is 0 Å². The molecule has 1 unspecified atom stereocenters. The van der Waals surface area contributed by atoms with Gasteiger partial charge in [-0.15, -0.1) is 23.1 Å². The molecule has 0 aliphatic rings. The number of carbonyl (C=O) groups is 1. The fourth-order valence-corrected chi connectivity index (χ4v) is 6.11. The largest absolute Gasteiger partial charge is 0.495 e. The van der Waals surface area contributed by atoms with E-state index in [-0.39, 0.29) is 5.91 Å². The summed E-state index contributed by atoms with van der Waals surface area (Å²) in [5, 5.41) is 11.9. The van der Waals surface area contributed by atoms with E-state index in [4.69, 9.17) is 17.0 Å². The van der Waals surface area contributed by atoms with Crippen LogP contribution in [0.2, 0.25) is 0 Å². The van der Waals surface area contributed by atoms with Crippen LogP contribution < -0.4 is 20.7 Å². The number of thiocarbonyl (C=S) groups is 1. The van der Waals surface area contributed by atoms with Crippen LogP contribution >= 0.6 is 35.3 Å². The number of nitrogens with zero attached hydrogens (tertiary/aromatic N) is 1. The van der Waals surface area contributed by atoms with Gasteiger partial charge in [-0.3, -0.25) is 4.79 Å². The molecule has 5 aromatic rings. The summed E-state index contributed by atoms with van der Waals surface area (Å²) < 4.78 is 5.40. The number of methoxy groups -OCH3 is 1. The maximum atomic E-state index is 13.6. The molecule has 0 aliphatic heterocycles. The van der Waals surface area contributed by atoms with E-state index in [0.29, 0.717) is 16.0 Å². The molecule has 1 atom stereocenters. The maximum Gasteiger partial charge on any atom is 0.244 e. The molecule has 1 heterocycles. The zero-order chi connectivity index (χ0) is 28.6. The number of rotatable bonds is 9. The number of hydrogen-bond acceptors (Lipinski definition) is 6. The molecule has 3 N–H and O–H groups in total. The number of anilines is 3. The van der Waals surface area contributed by atoms with Gasteiger partial charge in [0, 0.05) is 21.5 Å². The average molecular weight is 597 g/mol. The number of para-hydroxylation sites is 2. The minimum Gasteiger partial charge on any atom is -0.495 e. The Morgan fingerprint density at radius 1 is 0.902 bits per heavy atom. The maximum absolute atomic E-state index is 13.6. The van der Waals surface area contributed by atoms with Gasteiger partial charge in [-0.1, -0.05) is 78.4 Å². The van der Waals surface area contributed by atoms with E-state index in [2.05, 4.69) is 40.0 Å². The highest BCUT2D eigenvalue weighted by Crippen LogP contribution is 2.38. The lowest BCUT2D eigenvalue weighted by molar-refractivity contribution is -0.115. The van der Waals surface area contributed by atoms with Crippen molar-refractivity contribution in [1.82, 2.24) is 4.98 Å². The third-order valence-electron chi connectivity index (χ3n) is 6.12. The van der Waals surface area contributed by atoms with Crippen molar-refractivity contribution >= 4 is 62.8 Å². The molecule has 0 spiro atoms. The van der Waals surface area contributed by atoms with Crippen molar-refractivity contribution < 1.29 is 9.53 Å². The van der Waals surface area contributed by atoms with Gasteiger partial charge in [0.25, 0.3) is 0 Å². The Morgan fingerprint density at radius 3 is 2.44 bits per heavy atom. The number of carbonyl (C=O) groups excluding carboxylic acids is 1. The molecule has 0 bridgehead atoms. The van der Waals surface area contributed by atoms with Crippen LogP contribution in [-0.4, -0.2) is 23.1 Å². The van der Waals surface area contributed by atoms with E-state index in [1.54, 1.807) is 7.11 Å². The van der Waals surface area contributed by atoms with Crippen molar-refractivity contribution in [3.63, 3.8) is 0 Å². The summed E-state index contributed by atoms with van der Waals surface area (Å²) in [4.78, 5) is 19.2. The number of aryl methyl sites for hydroxylation is 1. The first kappa shape index (κ1) is 28.4. The van der Waals surface area contributed by atoms with Crippen molar-refractivity contribution in [2.24, 2.45) is 0 Å². The Hall–Kier alpha value is -4.18. The van der Waals surface area contributed by atoms with Crippen molar-refractivity contribution in [3.05, 3.63) is 120 Å². The molecular weight excluding hydrogens is 569 g/mol. The van der Waals surface area contributed by atoms with Gasteiger partial charge in [0.15, 0.2) is 10.2 Å². The van der Waals surface area contributed by atoms with Crippen LogP contribution in [0.3, 0.4) is 0 Å². The van der Waals surface area contributed by atoms with E-state index < -0.39 is 5.25 Å². The smallest absolute Gasteiger partial charge is 0.244 e. The van der Waals surface area contributed by atoms with Crippen LogP contribution in [0.1, 0.15) is 16.4 Å². The molecule has 6 nitrogen and oxygen atoms in total. The molecule has 0 saturated carbocycles. The summed E-state index contributed by atoms with van der Waals surface area (Å²) in [7, 11) is 1.62. The standard InChI is InChI=1S/C32H28N4O2S3/c1-21-15-17-22(18-16-21)27-20-40-32(35-27)36-30(37)29(23-9-4-3-5-10-23)41-25-12-8-11-24(19-25)33-31(39)34-26-13-6-7-14-28(26)38-2/h3-20,29H,1-2H3,(H2,33,34,39)(H,35,36,37). The average Bonchev–Trinajstić information content (AvgIpc) is 3.45. The van der Waals surface area contributed by atoms with E-state index >= 15 is 0 Å². The lowest BCUT2D eigenvalue weighted by Crippen LogP contribution is -2.20. The van der Waals surface area contributed by atoms with Crippen LogP contribution in [-0.2, 0) is 4.79 Å². The zero-order valence-electron chi connectivity index (χ0n) is 22.5. The Morgan fingerprint density at radius 2 is 1.66 bits per heavy atom. The lowest BCUT2D eigenvalue weighted by Gasteiger charge is -2.17. The zero-order valence-corrected chi connectivity index (χ0v) is 24.9. The molecule has 1 aromatic heterocycles.